The normalized spacial score (nSPS) is 10.9. The predicted molar refractivity (Wildman–Crippen MR) is 79.4 cm³/mol. The maximum atomic E-state index is 11.3. The number of nitrogens with zero attached hydrogens (tertiary/aromatic N) is 3. The van der Waals surface area contributed by atoms with E-state index in [0.717, 1.165) is 12.0 Å². The maximum Gasteiger partial charge on any atom is 0.337 e. The Morgan fingerprint density at radius 3 is 2.52 bits per heavy atom. The van der Waals surface area contributed by atoms with Gasteiger partial charge in [0.25, 0.3) is 0 Å². The van der Waals surface area contributed by atoms with Crippen molar-refractivity contribution >= 4 is 17.0 Å². The van der Waals surface area contributed by atoms with E-state index >= 15 is 0 Å². The number of benzene rings is 2. The molecule has 0 aliphatic carbocycles. The molecule has 0 bridgehead atoms. The van der Waals surface area contributed by atoms with Crippen molar-refractivity contribution in [2.75, 3.05) is 0 Å². The van der Waals surface area contributed by atoms with Crippen LogP contribution in [0, 0.1) is 0 Å². The van der Waals surface area contributed by atoms with Crippen LogP contribution in [-0.4, -0.2) is 26.1 Å². The van der Waals surface area contributed by atoms with Crippen molar-refractivity contribution in [2.24, 2.45) is 0 Å². The summed E-state index contributed by atoms with van der Waals surface area (Å²) in [5.74, 6) is -0.967. The number of para-hydroxylation sites is 1. The van der Waals surface area contributed by atoms with Gasteiger partial charge < -0.3 is 5.11 Å². The average molecular weight is 281 g/mol. The highest BCUT2D eigenvalue weighted by molar-refractivity contribution is 6.00. The average Bonchev–Trinajstić information content (AvgIpc) is 2.91. The number of hydrogen-bond acceptors (Lipinski definition) is 3. The van der Waals surface area contributed by atoms with Crippen LogP contribution >= 0.6 is 0 Å². The Kier molecular flexibility index (Phi) is 3.39. The third-order valence-electron chi connectivity index (χ3n) is 3.53. The summed E-state index contributed by atoms with van der Waals surface area (Å²) in [4.78, 5) is 11.3. The number of carboxylic acids is 1. The van der Waals surface area contributed by atoms with Gasteiger partial charge in [0.2, 0.25) is 0 Å². The molecule has 3 rings (SSSR count). The highest BCUT2D eigenvalue weighted by Crippen LogP contribution is 2.18. The molecule has 0 saturated carbocycles. The lowest BCUT2D eigenvalue weighted by atomic mass is 10.1. The van der Waals surface area contributed by atoms with Crippen LogP contribution in [0.4, 0.5) is 0 Å². The topological polar surface area (TPSA) is 68.0 Å². The van der Waals surface area contributed by atoms with E-state index < -0.39 is 5.97 Å². The zero-order chi connectivity index (χ0) is 14.8. The largest absolute Gasteiger partial charge is 0.478 e. The van der Waals surface area contributed by atoms with Gasteiger partial charge in [0.1, 0.15) is 11.0 Å². The first-order valence-corrected chi connectivity index (χ1v) is 6.82. The Labute approximate surface area is 121 Å². The fraction of sp³-hybridized carbons (Fsp3) is 0.188. The summed E-state index contributed by atoms with van der Waals surface area (Å²) in [6, 6.07) is 13.3. The summed E-state index contributed by atoms with van der Waals surface area (Å²) in [6.45, 7) is 2.61. The van der Waals surface area contributed by atoms with Crippen LogP contribution in [0.25, 0.3) is 11.0 Å². The summed E-state index contributed by atoms with van der Waals surface area (Å²) >= 11 is 0. The van der Waals surface area contributed by atoms with Gasteiger partial charge in [0, 0.05) is 0 Å². The summed E-state index contributed by atoms with van der Waals surface area (Å²) in [5.41, 5.74) is 3.72. The van der Waals surface area contributed by atoms with Crippen LogP contribution in [0.15, 0.2) is 42.5 Å². The Morgan fingerprint density at radius 1 is 1.14 bits per heavy atom. The second-order valence-corrected chi connectivity index (χ2v) is 4.90. The quantitative estimate of drug-likeness (QED) is 0.798. The van der Waals surface area contributed by atoms with Crippen LogP contribution in [-0.2, 0) is 13.0 Å². The van der Waals surface area contributed by atoms with Gasteiger partial charge in [-0.05, 0) is 29.7 Å². The van der Waals surface area contributed by atoms with E-state index in [9.17, 15) is 9.90 Å². The molecule has 0 unspecified atom stereocenters. The van der Waals surface area contributed by atoms with E-state index in [-0.39, 0.29) is 5.56 Å². The van der Waals surface area contributed by atoms with Crippen molar-refractivity contribution in [1.29, 1.82) is 0 Å². The minimum Gasteiger partial charge on any atom is -0.478 e. The van der Waals surface area contributed by atoms with Crippen molar-refractivity contribution in [3.63, 3.8) is 0 Å². The van der Waals surface area contributed by atoms with Crippen molar-refractivity contribution < 1.29 is 9.90 Å². The molecule has 0 spiro atoms. The Balaban J connectivity index is 2.02. The van der Waals surface area contributed by atoms with Gasteiger partial charge in [-0.2, -0.15) is 0 Å². The number of fused-ring (bicyclic) bond motifs is 1. The molecule has 21 heavy (non-hydrogen) atoms. The van der Waals surface area contributed by atoms with Crippen molar-refractivity contribution in [3.8, 4) is 0 Å². The summed E-state index contributed by atoms with van der Waals surface area (Å²) in [7, 11) is 0. The standard InChI is InChI=1S/C16H15N3O2/c1-2-11-6-8-12(9-7-11)10-19-15-13(16(20)21)4-3-5-14(15)17-18-19/h3-9H,2,10H2,1H3,(H,20,21). The molecule has 5 heteroatoms. The number of aromatic carboxylic acids is 1. The number of aryl methyl sites for hydroxylation is 1. The van der Waals surface area contributed by atoms with E-state index in [0.29, 0.717) is 17.6 Å². The second-order valence-electron chi connectivity index (χ2n) is 4.90. The van der Waals surface area contributed by atoms with Gasteiger partial charge in [-0.15, -0.1) is 5.10 Å². The van der Waals surface area contributed by atoms with Gasteiger partial charge in [-0.25, -0.2) is 9.48 Å². The van der Waals surface area contributed by atoms with E-state index in [2.05, 4.69) is 29.4 Å². The Bertz CT molecular complexity index is 791. The lowest BCUT2D eigenvalue weighted by Crippen LogP contribution is -2.06. The van der Waals surface area contributed by atoms with Gasteiger partial charge in [-0.1, -0.05) is 42.5 Å². The second kappa shape index (κ2) is 5.36. The fourth-order valence-electron chi connectivity index (χ4n) is 2.37. The summed E-state index contributed by atoms with van der Waals surface area (Å²) in [5, 5.41) is 17.4. The van der Waals surface area contributed by atoms with Crippen LogP contribution in [0.5, 0.6) is 0 Å². The van der Waals surface area contributed by atoms with Gasteiger partial charge in [0.15, 0.2) is 0 Å². The highest BCUT2D eigenvalue weighted by Gasteiger charge is 2.14. The first-order valence-electron chi connectivity index (χ1n) is 6.82. The summed E-state index contributed by atoms with van der Waals surface area (Å²) < 4.78 is 1.64. The van der Waals surface area contributed by atoms with E-state index in [1.165, 1.54) is 5.56 Å². The molecule has 2 aromatic carbocycles. The molecule has 0 fully saturated rings. The third kappa shape index (κ3) is 2.50. The molecule has 1 N–H and O–H groups in total. The van der Waals surface area contributed by atoms with Crippen LogP contribution in [0.2, 0.25) is 0 Å². The Morgan fingerprint density at radius 2 is 1.86 bits per heavy atom. The van der Waals surface area contributed by atoms with E-state index in [1.54, 1.807) is 22.9 Å². The monoisotopic (exact) mass is 281 g/mol. The lowest BCUT2D eigenvalue weighted by Gasteiger charge is -2.05. The number of aromatic nitrogens is 3. The minimum absolute atomic E-state index is 0.225. The van der Waals surface area contributed by atoms with Crippen molar-refractivity contribution in [2.45, 2.75) is 19.9 Å². The highest BCUT2D eigenvalue weighted by atomic mass is 16.4. The molecular weight excluding hydrogens is 266 g/mol. The molecule has 5 nitrogen and oxygen atoms in total. The van der Waals surface area contributed by atoms with Crippen molar-refractivity contribution in [1.82, 2.24) is 15.0 Å². The lowest BCUT2D eigenvalue weighted by molar-refractivity contribution is 0.0698. The number of rotatable bonds is 4. The molecule has 1 heterocycles. The molecule has 0 amide bonds. The molecule has 106 valence electrons. The van der Waals surface area contributed by atoms with Crippen LogP contribution in [0.3, 0.4) is 0 Å². The third-order valence-corrected chi connectivity index (χ3v) is 3.53. The van der Waals surface area contributed by atoms with Gasteiger partial charge in [0.05, 0.1) is 12.1 Å². The molecule has 0 saturated heterocycles. The van der Waals surface area contributed by atoms with Gasteiger partial charge >= 0.3 is 5.97 Å². The zero-order valence-corrected chi connectivity index (χ0v) is 11.7. The molecule has 0 aliphatic rings. The minimum atomic E-state index is -0.967. The SMILES string of the molecule is CCc1ccc(Cn2nnc3cccc(C(=O)O)c32)cc1. The number of carbonyl (C=O) groups is 1. The molecule has 0 radical (unpaired) electrons. The van der Waals surface area contributed by atoms with Gasteiger partial charge in [-0.3, -0.25) is 0 Å². The summed E-state index contributed by atoms with van der Waals surface area (Å²) in [6.07, 6.45) is 0.996. The smallest absolute Gasteiger partial charge is 0.337 e. The van der Waals surface area contributed by atoms with Crippen LogP contribution in [0.1, 0.15) is 28.4 Å². The molecule has 0 aliphatic heterocycles. The first-order chi connectivity index (χ1) is 10.2. The van der Waals surface area contributed by atoms with E-state index in [4.69, 9.17) is 0 Å². The van der Waals surface area contributed by atoms with Crippen molar-refractivity contribution in [3.05, 3.63) is 59.2 Å². The molecule has 1 aromatic heterocycles. The molecular formula is C16H15N3O2. The molecule has 0 atom stereocenters. The molecule has 3 aromatic rings. The number of carboxylic acid groups (broad SMARTS) is 1. The van der Waals surface area contributed by atoms with Crippen LogP contribution < -0.4 is 0 Å². The first kappa shape index (κ1) is 13.3. The van der Waals surface area contributed by atoms with E-state index in [1.807, 2.05) is 12.1 Å². The predicted octanol–water partition coefficient (Wildman–Crippen LogP) is 2.74. The number of hydrogen-bond donors (Lipinski definition) is 1. The maximum absolute atomic E-state index is 11.3. The Hall–Kier alpha value is -2.69. The zero-order valence-electron chi connectivity index (χ0n) is 11.7. The fourth-order valence-corrected chi connectivity index (χ4v) is 2.37.